The van der Waals surface area contributed by atoms with E-state index in [1.807, 2.05) is 0 Å². The Balaban J connectivity index is 1.85. The van der Waals surface area contributed by atoms with Crippen molar-refractivity contribution in [3.05, 3.63) is 71.8 Å². The van der Waals surface area contributed by atoms with Crippen LogP contribution in [0.25, 0.3) is 0 Å². The van der Waals surface area contributed by atoms with Crippen molar-refractivity contribution < 1.29 is 0 Å². The third-order valence-electron chi connectivity index (χ3n) is 5.11. The van der Waals surface area contributed by atoms with Gasteiger partial charge in [-0.1, -0.05) is 86.3 Å². The molecular weight excluding hydrogens is 292 g/mol. The molecule has 0 aromatic heterocycles. The highest BCUT2D eigenvalue weighted by molar-refractivity contribution is 5.25. The minimum atomic E-state index is -0.383. The van der Waals surface area contributed by atoms with E-state index < -0.39 is 0 Å². The van der Waals surface area contributed by atoms with E-state index in [0.29, 0.717) is 0 Å². The second kappa shape index (κ2) is 8.13. The highest BCUT2D eigenvalue weighted by Gasteiger charge is 2.33. The van der Waals surface area contributed by atoms with Crippen molar-refractivity contribution in [1.82, 2.24) is 5.32 Å². The van der Waals surface area contributed by atoms with Crippen LogP contribution in [0.2, 0.25) is 0 Å². The molecule has 1 N–H and O–H groups in total. The maximum absolute atomic E-state index is 9.92. The third-order valence-corrected chi connectivity index (χ3v) is 5.11. The molecule has 2 aromatic carbocycles. The Morgan fingerprint density at radius 3 is 2.04 bits per heavy atom. The summed E-state index contributed by atoms with van der Waals surface area (Å²) in [4.78, 5) is 0. The molecule has 0 unspecified atom stereocenters. The van der Waals surface area contributed by atoms with E-state index in [-0.39, 0.29) is 11.6 Å². The Hall–Kier alpha value is -2.11. The van der Waals surface area contributed by atoms with Gasteiger partial charge < -0.3 is 0 Å². The van der Waals surface area contributed by atoms with E-state index in [1.165, 1.54) is 24.0 Å². The molecule has 1 aliphatic carbocycles. The lowest BCUT2D eigenvalue weighted by molar-refractivity contribution is 0.319. The lowest BCUT2D eigenvalue weighted by atomic mass is 9.88. The average molecular weight is 318 g/mol. The van der Waals surface area contributed by atoms with Crippen LogP contribution in [0.5, 0.6) is 0 Å². The first-order valence-corrected chi connectivity index (χ1v) is 9.09. The highest BCUT2D eigenvalue weighted by atomic mass is 15.0. The smallest absolute Gasteiger partial charge is 0.107 e. The van der Waals surface area contributed by atoms with Crippen LogP contribution in [-0.4, -0.2) is 5.54 Å². The van der Waals surface area contributed by atoms with E-state index in [0.717, 1.165) is 32.1 Å². The summed E-state index contributed by atoms with van der Waals surface area (Å²) in [5.41, 5.74) is 2.19. The fourth-order valence-corrected chi connectivity index (χ4v) is 3.74. The number of hydrogen-bond donors (Lipinski definition) is 1. The first-order chi connectivity index (χ1) is 11.8. The van der Waals surface area contributed by atoms with Gasteiger partial charge in [0.25, 0.3) is 0 Å². The molecule has 0 bridgehead atoms. The van der Waals surface area contributed by atoms with Crippen molar-refractivity contribution in [2.75, 3.05) is 0 Å². The van der Waals surface area contributed by atoms with Gasteiger partial charge in [0, 0.05) is 6.04 Å². The Labute approximate surface area is 145 Å². The summed E-state index contributed by atoms with van der Waals surface area (Å²) in [6.45, 7) is 0. The summed E-state index contributed by atoms with van der Waals surface area (Å²) < 4.78 is 0. The summed E-state index contributed by atoms with van der Waals surface area (Å²) in [6.07, 6.45) is 7.62. The van der Waals surface area contributed by atoms with Gasteiger partial charge in [-0.3, -0.25) is 5.32 Å². The lowest BCUT2D eigenvalue weighted by Gasteiger charge is -2.32. The molecule has 2 aromatic rings. The quantitative estimate of drug-likeness (QED) is 0.771. The largest absolute Gasteiger partial charge is 0.292 e. The van der Waals surface area contributed by atoms with Crippen LogP contribution in [0, 0.1) is 11.3 Å². The van der Waals surface area contributed by atoms with Gasteiger partial charge >= 0.3 is 0 Å². The Bertz CT molecular complexity index is 649. The minimum absolute atomic E-state index is 0.173. The molecule has 0 amide bonds. The van der Waals surface area contributed by atoms with Crippen LogP contribution in [0.3, 0.4) is 0 Å². The SMILES string of the molecule is N#CC1(N[C@H](Cc2ccccc2)c2ccccc2)CCCCCC1. The van der Waals surface area contributed by atoms with Gasteiger partial charge in [0.1, 0.15) is 5.54 Å². The molecule has 0 radical (unpaired) electrons. The average Bonchev–Trinajstić information content (AvgIpc) is 2.89. The second-order valence-corrected chi connectivity index (χ2v) is 6.91. The van der Waals surface area contributed by atoms with Crippen LogP contribution in [0.15, 0.2) is 60.7 Å². The molecule has 1 saturated carbocycles. The minimum Gasteiger partial charge on any atom is -0.292 e. The predicted octanol–water partition coefficient (Wildman–Crippen LogP) is 5.18. The molecular formula is C22H26N2. The summed E-state index contributed by atoms with van der Waals surface area (Å²) in [5, 5.41) is 13.7. The van der Waals surface area contributed by atoms with Gasteiger partial charge in [0.15, 0.2) is 0 Å². The highest BCUT2D eigenvalue weighted by Crippen LogP contribution is 2.30. The Morgan fingerprint density at radius 1 is 0.875 bits per heavy atom. The molecule has 2 nitrogen and oxygen atoms in total. The topological polar surface area (TPSA) is 35.8 Å². The van der Waals surface area contributed by atoms with Crippen LogP contribution >= 0.6 is 0 Å². The zero-order chi connectivity index (χ0) is 16.7. The number of nitrogens with one attached hydrogen (secondary N) is 1. The Morgan fingerprint density at radius 2 is 1.46 bits per heavy atom. The standard InChI is InChI=1S/C22H26N2/c23-18-22(15-9-1-2-10-16-22)24-21(20-13-7-4-8-14-20)17-19-11-5-3-6-12-19/h3-8,11-14,21,24H,1-2,9-10,15-17H2/t21-/m1/s1. The first kappa shape index (κ1) is 16.7. The van der Waals surface area contributed by atoms with E-state index in [4.69, 9.17) is 0 Å². The zero-order valence-corrected chi connectivity index (χ0v) is 14.2. The van der Waals surface area contributed by atoms with E-state index in [2.05, 4.69) is 72.0 Å². The number of hydrogen-bond acceptors (Lipinski definition) is 2. The van der Waals surface area contributed by atoms with Gasteiger partial charge in [0.05, 0.1) is 6.07 Å². The van der Waals surface area contributed by atoms with E-state index >= 15 is 0 Å². The van der Waals surface area contributed by atoms with Crippen molar-refractivity contribution in [2.45, 2.75) is 56.5 Å². The summed E-state index contributed by atoms with van der Waals surface area (Å²) in [5.74, 6) is 0. The van der Waals surface area contributed by atoms with Gasteiger partial charge in [0.2, 0.25) is 0 Å². The summed E-state index contributed by atoms with van der Waals surface area (Å²) in [7, 11) is 0. The maximum Gasteiger partial charge on any atom is 0.107 e. The molecule has 0 aliphatic heterocycles. The molecule has 124 valence electrons. The van der Waals surface area contributed by atoms with Crippen LogP contribution < -0.4 is 5.32 Å². The number of nitriles is 1. The first-order valence-electron chi connectivity index (χ1n) is 9.09. The third kappa shape index (κ3) is 4.24. The van der Waals surface area contributed by atoms with Gasteiger partial charge in [-0.15, -0.1) is 0 Å². The zero-order valence-electron chi connectivity index (χ0n) is 14.2. The maximum atomic E-state index is 9.92. The monoisotopic (exact) mass is 318 g/mol. The second-order valence-electron chi connectivity index (χ2n) is 6.91. The number of rotatable bonds is 5. The van der Waals surface area contributed by atoms with Crippen molar-refractivity contribution in [1.29, 1.82) is 5.26 Å². The normalized spacial score (nSPS) is 18.3. The molecule has 2 heteroatoms. The van der Waals surface area contributed by atoms with Gasteiger partial charge in [-0.25, -0.2) is 0 Å². The molecule has 0 spiro atoms. The van der Waals surface area contributed by atoms with Crippen LogP contribution in [0.4, 0.5) is 0 Å². The van der Waals surface area contributed by atoms with Crippen LogP contribution in [-0.2, 0) is 6.42 Å². The van der Waals surface area contributed by atoms with Crippen molar-refractivity contribution in [2.24, 2.45) is 0 Å². The van der Waals surface area contributed by atoms with E-state index in [1.54, 1.807) is 0 Å². The molecule has 0 heterocycles. The van der Waals surface area contributed by atoms with E-state index in [9.17, 15) is 5.26 Å². The summed E-state index contributed by atoms with van der Waals surface area (Å²) >= 11 is 0. The molecule has 1 aliphatic rings. The Kier molecular flexibility index (Phi) is 5.67. The van der Waals surface area contributed by atoms with Crippen molar-refractivity contribution in [3.8, 4) is 6.07 Å². The molecule has 0 saturated heterocycles. The molecule has 1 atom stereocenters. The van der Waals surface area contributed by atoms with Crippen molar-refractivity contribution >= 4 is 0 Å². The van der Waals surface area contributed by atoms with Gasteiger partial charge in [-0.2, -0.15) is 5.26 Å². The number of benzene rings is 2. The lowest BCUT2D eigenvalue weighted by Crippen LogP contribution is -2.46. The molecule has 24 heavy (non-hydrogen) atoms. The fourth-order valence-electron chi connectivity index (χ4n) is 3.74. The summed E-state index contributed by atoms with van der Waals surface area (Å²) in [6, 6.07) is 23.9. The predicted molar refractivity (Wildman–Crippen MR) is 98.5 cm³/mol. The fraction of sp³-hybridized carbons (Fsp3) is 0.409. The number of nitrogens with zero attached hydrogens (tertiary/aromatic N) is 1. The van der Waals surface area contributed by atoms with Crippen molar-refractivity contribution in [3.63, 3.8) is 0 Å². The molecule has 1 fully saturated rings. The molecule has 3 rings (SSSR count). The van der Waals surface area contributed by atoms with Crippen LogP contribution in [0.1, 0.15) is 55.7 Å². The van der Waals surface area contributed by atoms with Gasteiger partial charge in [-0.05, 0) is 30.4 Å².